The van der Waals surface area contributed by atoms with Crippen LogP contribution in [0.1, 0.15) is 41.0 Å². The molecule has 2 atom stereocenters. The molecule has 0 rings (SSSR count). The molecule has 0 aromatic heterocycles. The average Bonchev–Trinajstić information content (AvgIpc) is 1.86. The van der Waals surface area contributed by atoms with Gasteiger partial charge in [-0.15, -0.1) is 0 Å². The highest BCUT2D eigenvalue weighted by molar-refractivity contribution is 4.81. The second-order valence-electron chi connectivity index (χ2n) is 3.69. The van der Waals surface area contributed by atoms with Crippen molar-refractivity contribution < 1.29 is 5.11 Å². The van der Waals surface area contributed by atoms with Gasteiger partial charge in [-0.25, -0.2) is 0 Å². The molecule has 1 nitrogen and oxygen atoms in total. The van der Waals surface area contributed by atoms with E-state index in [9.17, 15) is 5.11 Å². The largest absolute Gasteiger partial charge is 0.390 e. The predicted octanol–water partition coefficient (Wildman–Crippen LogP) is 2.44. The monoisotopic (exact) mass is 144 g/mol. The highest BCUT2D eigenvalue weighted by Gasteiger charge is 2.30. The minimum atomic E-state index is -0.491. The van der Waals surface area contributed by atoms with Gasteiger partial charge in [0.25, 0.3) is 0 Å². The van der Waals surface area contributed by atoms with Gasteiger partial charge in [0.05, 0.1) is 5.60 Å². The molecule has 0 bridgehead atoms. The smallest absolute Gasteiger partial charge is 0.0667 e. The van der Waals surface area contributed by atoms with Crippen molar-refractivity contribution in [2.45, 2.75) is 46.6 Å². The Balaban J connectivity index is 4.09. The van der Waals surface area contributed by atoms with Gasteiger partial charge < -0.3 is 5.11 Å². The third kappa shape index (κ3) is 1.98. The molecule has 0 saturated heterocycles. The lowest BCUT2D eigenvalue weighted by atomic mass is 9.80. The van der Waals surface area contributed by atoms with Crippen molar-refractivity contribution in [1.29, 1.82) is 0 Å². The van der Waals surface area contributed by atoms with E-state index >= 15 is 0 Å². The lowest BCUT2D eigenvalue weighted by Crippen LogP contribution is -2.37. The Hall–Kier alpha value is -0.0400. The molecule has 62 valence electrons. The lowest BCUT2D eigenvalue weighted by Gasteiger charge is -2.33. The first-order chi connectivity index (χ1) is 4.42. The quantitative estimate of drug-likeness (QED) is 0.645. The van der Waals surface area contributed by atoms with Crippen molar-refractivity contribution in [2.24, 2.45) is 11.8 Å². The van der Waals surface area contributed by atoms with Gasteiger partial charge in [0.15, 0.2) is 0 Å². The molecule has 0 amide bonds. The van der Waals surface area contributed by atoms with E-state index in [4.69, 9.17) is 0 Å². The van der Waals surface area contributed by atoms with Gasteiger partial charge in [-0.05, 0) is 18.8 Å². The van der Waals surface area contributed by atoms with E-state index < -0.39 is 5.60 Å². The molecule has 10 heavy (non-hydrogen) atoms. The predicted molar refractivity (Wildman–Crippen MR) is 44.9 cm³/mol. The van der Waals surface area contributed by atoms with Crippen molar-refractivity contribution >= 4 is 0 Å². The molecule has 1 heteroatoms. The molecule has 0 aromatic rings. The molecule has 2 unspecified atom stereocenters. The highest BCUT2D eigenvalue weighted by Crippen LogP contribution is 2.27. The summed E-state index contributed by atoms with van der Waals surface area (Å²) in [7, 11) is 0. The van der Waals surface area contributed by atoms with Crippen LogP contribution in [0.3, 0.4) is 0 Å². The Kier molecular flexibility index (Phi) is 3.37. The van der Waals surface area contributed by atoms with Gasteiger partial charge in [0.1, 0.15) is 0 Å². The van der Waals surface area contributed by atoms with Crippen LogP contribution >= 0.6 is 0 Å². The summed E-state index contributed by atoms with van der Waals surface area (Å²) in [4.78, 5) is 0. The normalized spacial score (nSPS) is 20.7. The Morgan fingerprint density at radius 2 is 1.70 bits per heavy atom. The van der Waals surface area contributed by atoms with Crippen LogP contribution in [0.4, 0.5) is 0 Å². The topological polar surface area (TPSA) is 20.2 Å². The van der Waals surface area contributed by atoms with Crippen LogP contribution in [-0.4, -0.2) is 10.7 Å². The first-order valence-electron chi connectivity index (χ1n) is 4.15. The van der Waals surface area contributed by atoms with Gasteiger partial charge in [0, 0.05) is 0 Å². The van der Waals surface area contributed by atoms with Crippen molar-refractivity contribution in [2.75, 3.05) is 0 Å². The summed E-state index contributed by atoms with van der Waals surface area (Å²) in [6, 6.07) is 0. The summed E-state index contributed by atoms with van der Waals surface area (Å²) in [5, 5.41) is 9.86. The van der Waals surface area contributed by atoms with Crippen LogP contribution in [0.2, 0.25) is 0 Å². The van der Waals surface area contributed by atoms with E-state index in [2.05, 4.69) is 27.7 Å². The number of rotatable bonds is 3. The summed E-state index contributed by atoms with van der Waals surface area (Å²) in [5.41, 5.74) is -0.491. The molecule has 1 N–H and O–H groups in total. The third-order valence-corrected chi connectivity index (χ3v) is 2.78. The van der Waals surface area contributed by atoms with Crippen LogP contribution in [0.25, 0.3) is 0 Å². The molecule has 0 aliphatic heterocycles. The van der Waals surface area contributed by atoms with Crippen molar-refractivity contribution in [3.05, 3.63) is 0 Å². The van der Waals surface area contributed by atoms with Crippen LogP contribution in [0.15, 0.2) is 0 Å². The highest BCUT2D eigenvalue weighted by atomic mass is 16.3. The third-order valence-electron chi connectivity index (χ3n) is 2.78. The van der Waals surface area contributed by atoms with E-state index in [1.807, 2.05) is 6.92 Å². The molecule has 0 aliphatic rings. The van der Waals surface area contributed by atoms with E-state index in [-0.39, 0.29) is 0 Å². The Labute approximate surface area is 64.5 Å². The Morgan fingerprint density at radius 1 is 1.30 bits per heavy atom. The second kappa shape index (κ2) is 3.38. The zero-order valence-corrected chi connectivity index (χ0v) is 7.81. The fourth-order valence-electron chi connectivity index (χ4n) is 0.982. The first kappa shape index (κ1) is 9.96. The summed E-state index contributed by atoms with van der Waals surface area (Å²) in [6.45, 7) is 10.3. The standard InChI is InChI=1S/C9H20O/c1-6-8(4)9(5,10)7(2)3/h7-8,10H,6H2,1-5H3. The number of hydrogen-bond acceptors (Lipinski definition) is 1. The summed E-state index contributed by atoms with van der Waals surface area (Å²) in [5.74, 6) is 0.745. The molecular weight excluding hydrogens is 124 g/mol. The van der Waals surface area contributed by atoms with Crippen molar-refractivity contribution in [1.82, 2.24) is 0 Å². The van der Waals surface area contributed by atoms with Crippen molar-refractivity contribution in [3.8, 4) is 0 Å². The van der Waals surface area contributed by atoms with Gasteiger partial charge in [-0.2, -0.15) is 0 Å². The maximum Gasteiger partial charge on any atom is 0.0667 e. The molecule has 0 aliphatic carbocycles. The van der Waals surface area contributed by atoms with E-state index in [0.29, 0.717) is 11.8 Å². The molecule has 0 radical (unpaired) electrons. The molecule has 0 fully saturated rings. The van der Waals surface area contributed by atoms with Crippen LogP contribution in [-0.2, 0) is 0 Å². The fourth-order valence-corrected chi connectivity index (χ4v) is 0.982. The van der Waals surface area contributed by atoms with Gasteiger partial charge in [-0.1, -0.05) is 34.1 Å². The maximum absolute atomic E-state index is 9.86. The Morgan fingerprint density at radius 3 is 1.80 bits per heavy atom. The first-order valence-corrected chi connectivity index (χ1v) is 4.15. The second-order valence-corrected chi connectivity index (χ2v) is 3.69. The van der Waals surface area contributed by atoms with E-state index in [1.54, 1.807) is 0 Å². The van der Waals surface area contributed by atoms with Crippen LogP contribution in [0.5, 0.6) is 0 Å². The Bertz CT molecular complexity index is 94.9. The van der Waals surface area contributed by atoms with Crippen LogP contribution < -0.4 is 0 Å². The summed E-state index contributed by atoms with van der Waals surface area (Å²) in [6.07, 6.45) is 1.05. The van der Waals surface area contributed by atoms with E-state index in [0.717, 1.165) is 6.42 Å². The van der Waals surface area contributed by atoms with Gasteiger partial charge >= 0.3 is 0 Å². The van der Waals surface area contributed by atoms with Crippen LogP contribution in [0, 0.1) is 11.8 Å². The molecule has 0 saturated carbocycles. The fraction of sp³-hybridized carbons (Fsp3) is 1.00. The van der Waals surface area contributed by atoms with Crippen molar-refractivity contribution in [3.63, 3.8) is 0 Å². The maximum atomic E-state index is 9.86. The minimum Gasteiger partial charge on any atom is -0.390 e. The van der Waals surface area contributed by atoms with E-state index in [1.165, 1.54) is 0 Å². The number of aliphatic hydroxyl groups is 1. The van der Waals surface area contributed by atoms with Gasteiger partial charge in [0.2, 0.25) is 0 Å². The SMILES string of the molecule is CCC(C)C(C)(O)C(C)C. The zero-order chi connectivity index (χ0) is 8.36. The summed E-state index contributed by atoms with van der Waals surface area (Å²) >= 11 is 0. The zero-order valence-electron chi connectivity index (χ0n) is 7.81. The summed E-state index contributed by atoms with van der Waals surface area (Å²) < 4.78 is 0. The molecule has 0 heterocycles. The molecule has 0 spiro atoms. The molecule has 0 aromatic carbocycles. The molecular formula is C9H20O. The average molecular weight is 144 g/mol. The van der Waals surface area contributed by atoms with Gasteiger partial charge in [-0.3, -0.25) is 0 Å². The number of hydrogen-bond donors (Lipinski definition) is 1. The lowest BCUT2D eigenvalue weighted by molar-refractivity contribution is -0.0366. The minimum absolute atomic E-state index is 0.349.